The Morgan fingerprint density at radius 2 is 2.12 bits per heavy atom. The molecule has 4 heteroatoms. The Kier molecular flexibility index (Phi) is 3.29. The molecule has 2 aromatic rings. The van der Waals surface area contributed by atoms with Crippen LogP contribution in [0.3, 0.4) is 0 Å². The van der Waals surface area contributed by atoms with Crippen LogP contribution in [0.5, 0.6) is 5.75 Å². The first kappa shape index (κ1) is 11.9. The van der Waals surface area contributed by atoms with Crippen LogP contribution >= 0.6 is 22.6 Å². The topological polar surface area (TPSA) is 50.1 Å². The van der Waals surface area contributed by atoms with Crippen LogP contribution in [0.1, 0.15) is 15.9 Å². The van der Waals surface area contributed by atoms with Gasteiger partial charge in [0.2, 0.25) is 3.79 Å². The Labute approximate surface area is 112 Å². The summed E-state index contributed by atoms with van der Waals surface area (Å²) in [5, 5.41) is 10.7. The van der Waals surface area contributed by atoms with E-state index in [4.69, 9.17) is 10.00 Å². The maximum absolute atomic E-state index is 11.7. The summed E-state index contributed by atoms with van der Waals surface area (Å²) < 4.78 is 5.06. The minimum absolute atomic E-state index is 0.132. The number of halogens is 1. The molecular formula is C13H8INO2. The summed E-state index contributed by atoms with van der Waals surface area (Å²) in [6.07, 6.45) is 0. The number of hydrogen-bond donors (Lipinski definition) is 0. The predicted molar refractivity (Wildman–Crippen MR) is 73.6 cm³/mol. The van der Waals surface area contributed by atoms with Crippen molar-refractivity contribution in [1.29, 1.82) is 5.26 Å². The maximum Gasteiger partial charge on any atom is 0.226 e. The highest BCUT2D eigenvalue weighted by Crippen LogP contribution is 2.33. The van der Waals surface area contributed by atoms with E-state index in [2.05, 4.69) is 6.07 Å². The molecule has 0 aliphatic rings. The summed E-state index contributed by atoms with van der Waals surface area (Å²) in [6.45, 7) is 0. The number of carbonyl (C=O) groups excluding carboxylic acids is 1. The molecule has 0 radical (unpaired) electrons. The smallest absolute Gasteiger partial charge is 0.226 e. The minimum atomic E-state index is -0.132. The van der Waals surface area contributed by atoms with Crippen LogP contribution in [0.15, 0.2) is 30.3 Å². The number of methoxy groups -OCH3 is 1. The van der Waals surface area contributed by atoms with Crippen molar-refractivity contribution in [2.24, 2.45) is 0 Å². The molecule has 0 amide bonds. The molecule has 0 atom stereocenters. The zero-order chi connectivity index (χ0) is 12.4. The lowest BCUT2D eigenvalue weighted by Crippen LogP contribution is -1.99. The van der Waals surface area contributed by atoms with E-state index in [0.717, 1.165) is 10.8 Å². The van der Waals surface area contributed by atoms with E-state index in [-0.39, 0.29) is 3.79 Å². The Balaban J connectivity index is 2.97. The molecule has 2 aromatic carbocycles. The van der Waals surface area contributed by atoms with Crippen LogP contribution in [0, 0.1) is 11.3 Å². The number of benzene rings is 2. The molecule has 0 N–H and O–H groups in total. The largest absolute Gasteiger partial charge is 0.495 e. The number of nitriles is 1. The van der Waals surface area contributed by atoms with Crippen LogP contribution < -0.4 is 4.74 Å². The van der Waals surface area contributed by atoms with Gasteiger partial charge in [0.1, 0.15) is 11.8 Å². The van der Waals surface area contributed by atoms with Crippen molar-refractivity contribution in [1.82, 2.24) is 0 Å². The summed E-state index contributed by atoms with van der Waals surface area (Å²) in [6, 6.07) is 11.2. The molecule has 0 saturated carbocycles. The molecule has 17 heavy (non-hydrogen) atoms. The summed E-state index contributed by atoms with van der Waals surface area (Å²) >= 11 is 1.71. The molecule has 0 aliphatic heterocycles. The van der Waals surface area contributed by atoms with Gasteiger partial charge in [-0.1, -0.05) is 24.3 Å². The first-order valence-corrected chi connectivity index (χ1v) is 5.96. The molecule has 0 aromatic heterocycles. The summed E-state index contributed by atoms with van der Waals surface area (Å²) in [5.41, 5.74) is 0.842. The van der Waals surface area contributed by atoms with Gasteiger partial charge in [-0.25, -0.2) is 0 Å². The van der Waals surface area contributed by atoms with Gasteiger partial charge < -0.3 is 4.74 Å². The third-order valence-electron chi connectivity index (χ3n) is 2.52. The molecule has 0 bridgehead atoms. The SMILES string of the molecule is COc1c(C#N)cc2ccccc2c1C(=O)I. The van der Waals surface area contributed by atoms with Crippen LogP contribution in [-0.2, 0) is 0 Å². The van der Waals surface area contributed by atoms with Crippen LogP contribution in [0.25, 0.3) is 10.8 Å². The Hall–Kier alpha value is -1.61. The monoisotopic (exact) mass is 337 g/mol. The second kappa shape index (κ2) is 4.72. The lowest BCUT2D eigenvalue weighted by Gasteiger charge is -2.10. The van der Waals surface area contributed by atoms with Gasteiger partial charge >= 0.3 is 0 Å². The molecule has 3 nitrogen and oxygen atoms in total. The van der Waals surface area contributed by atoms with Crippen molar-refractivity contribution in [3.8, 4) is 11.8 Å². The lowest BCUT2D eigenvalue weighted by atomic mass is 10.0. The Morgan fingerprint density at radius 3 is 2.71 bits per heavy atom. The molecule has 0 unspecified atom stereocenters. The first-order chi connectivity index (χ1) is 8.19. The molecule has 84 valence electrons. The quantitative estimate of drug-likeness (QED) is 0.624. The third-order valence-corrected chi connectivity index (χ3v) is 3.06. The molecule has 0 fully saturated rings. The van der Waals surface area contributed by atoms with Crippen LogP contribution in [-0.4, -0.2) is 10.9 Å². The fraction of sp³-hybridized carbons (Fsp3) is 0.0769. The normalized spacial score (nSPS) is 9.94. The highest BCUT2D eigenvalue weighted by atomic mass is 127. The number of nitrogens with zero attached hydrogens (tertiary/aromatic N) is 1. The summed E-state index contributed by atoms with van der Waals surface area (Å²) in [4.78, 5) is 11.7. The van der Waals surface area contributed by atoms with E-state index in [1.807, 2.05) is 24.3 Å². The average Bonchev–Trinajstić information content (AvgIpc) is 2.35. The number of fused-ring (bicyclic) bond motifs is 1. The number of rotatable bonds is 2. The van der Waals surface area contributed by atoms with Crippen molar-refractivity contribution < 1.29 is 9.53 Å². The molecule has 2 rings (SSSR count). The Morgan fingerprint density at radius 1 is 1.41 bits per heavy atom. The van der Waals surface area contributed by atoms with Crippen molar-refractivity contribution in [2.45, 2.75) is 0 Å². The van der Waals surface area contributed by atoms with Gasteiger partial charge in [0.05, 0.1) is 18.2 Å². The van der Waals surface area contributed by atoms with E-state index < -0.39 is 0 Å². The number of ether oxygens (including phenoxy) is 1. The highest BCUT2D eigenvalue weighted by molar-refractivity contribution is 14.1. The molecular weight excluding hydrogens is 329 g/mol. The minimum Gasteiger partial charge on any atom is -0.495 e. The fourth-order valence-corrected chi connectivity index (χ4v) is 2.35. The van der Waals surface area contributed by atoms with E-state index >= 15 is 0 Å². The van der Waals surface area contributed by atoms with Gasteiger partial charge in [-0.3, -0.25) is 4.79 Å². The van der Waals surface area contributed by atoms with Gasteiger partial charge in [0, 0.05) is 22.6 Å². The van der Waals surface area contributed by atoms with Gasteiger partial charge in [-0.15, -0.1) is 0 Å². The Bertz CT molecular complexity index is 644. The van der Waals surface area contributed by atoms with E-state index in [9.17, 15) is 4.79 Å². The van der Waals surface area contributed by atoms with E-state index in [0.29, 0.717) is 16.9 Å². The van der Waals surface area contributed by atoms with Crippen molar-refractivity contribution in [3.63, 3.8) is 0 Å². The van der Waals surface area contributed by atoms with Crippen LogP contribution in [0.4, 0.5) is 0 Å². The second-order valence-corrected chi connectivity index (χ2v) is 4.42. The average molecular weight is 337 g/mol. The lowest BCUT2D eigenvalue weighted by molar-refractivity contribution is 0.110. The molecule has 0 heterocycles. The second-order valence-electron chi connectivity index (χ2n) is 3.44. The highest BCUT2D eigenvalue weighted by Gasteiger charge is 2.18. The van der Waals surface area contributed by atoms with E-state index in [1.54, 1.807) is 28.7 Å². The van der Waals surface area contributed by atoms with Crippen molar-refractivity contribution in [2.75, 3.05) is 7.11 Å². The van der Waals surface area contributed by atoms with Gasteiger partial charge in [0.15, 0.2) is 0 Å². The van der Waals surface area contributed by atoms with Crippen LogP contribution in [0.2, 0.25) is 0 Å². The first-order valence-electron chi connectivity index (χ1n) is 4.88. The molecule has 0 aliphatic carbocycles. The maximum atomic E-state index is 11.7. The van der Waals surface area contributed by atoms with Gasteiger partial charge in [0.25, 0.3) is 0 Å². The summed E-state index contributed by atoms with van der Waals surface area (Å²) in [5.74, 6) is 0.352. The molecule has 0 spiro atoms. The zero-order valence-electron chi connectivity index (χ0n) is 9.03. The zero-order valence-corrected chi connectivity index (χ0v) is 11.2. The van der Waals surface area contributed by atoms with E-state index in [1.165, 1.54) is 7.11 Å². The third kappa shape index (κ3) is 1.98. The van der Waals surface area contributed by atoms with Crippen molar-refractivity contribution in [3.05, 3.63) is 41.5 Å². The molecule has 0 saturated heterocycles. The standard InChI is InChI=1S/C13H8INO2/c1-17-12-9(7-15)6-8-4-2-3-5-10(8)11(12)13(14)16/h2-6H,1H3. The number of carbonyl (C=O) groups is 1. The fourth-order valence-electron chi connectivity index (χ4n) is 1.82. The summed E-state index contributed by atoms with van der Waals surface area (Å²) in [7, 11) is 1.47. The predicted octanol–water partition coefficient (Wildman–Crippen LogP) is 3.30. The van der Waals surface area contributed by atoms with Gasteiger partial charge in [-0.05, 0) is 16.8 Å². The van der Waals surface area contributed by atoms with Gasteiger partial charge in [-0.2, -0.15) is 5.26 Å². The van der Waals surface area contributed by atoms with Crippen molar-refractivity contribution >= 4 is 37.2 Å². The number of hydrogen-bond acceptors (Lipinski definition) is 3.